The number of amidine groups is 2. The van der Waals surface area contributed by atoms with Crippen LogP contribution in [0.3, 0.4) is 0 Å². The number of nitrogens with one attached hydrogen (secondary N) is 1. The Morgan fingerprint density at radius 2 is 1.31 bits per heavy atom. The molecular weight excluding hydrogens is 478 g/mol. The van der Waals surface area contributed by atoms with Gasteiger partial charge in [-0.25, -0.2) is 9.98 Å². The molecule has 7 aromatic rings. The zero-order chi connectivity index (χ0) is 25.8. The lowest BCUT2D eigenvalue weighted by Crippen LogP contribution is -2.33. The molecule has 0 fully saturated rings. The Labute approximate surface area is 224 Å². The summed E-state index contributed by atoms with van der Waals surface area (Å²) in [5.41, 5.74) is 4.78. The number of furan rings is 1. The van der Waals surface area contributed by atoms with Crippen molar-refractivity contribution >= 4 is 55.2 Å². The fourth-order valence-electron chi connectivity index (χ4n) is 5.63. The summed E-state index contributed by atoms with van der Waals surface area (Å²) in [7, 11) is 0. The first-order valence-electron chi connectivity index (χ1n) is 13.1. The smallest absolute Gasteiger partial charge is 0.159 e. The van der Waals surface area contributed by atoms with Gasteiger partial charge in [-0.2, -0.15) is 0 Å². The van der Waals surface area contributed by atoms with Crippen LogP contribution in [0, 0.1) is 0 Å². The molecule has 1 atom stereocenters. The normalized spacial score (nSPS) is 15.4. The highest BCUT2D eigenvalue weighted by Gasteiger charge is 2.23. The number of aliphatic imine (C=N–C) groups is 2. The molecule has 1 unspecified atom stereocenters. The van der Waals surface area contributed by atoms with Crippen molar-refractivity contribution in [3.8, 4) is 0 Å². The topological polar surface area (TPSA) is 49.9 Å². The molecule has 0 radical (unpaired) electrons. The van der Waals surface area contributed by atoms with Crippen molar-refractivity contribution in [3.63, 3.8) is 0 Å². The summed E-state index contributed by atoms with van der Waals surface area (Å²) in [6, 6.07) is 44.0. The maximum absolute atomic E-state index is 6.18. The number of hydrogen-bond donors (Lipinski definition) is 1. The minimum atomic E-state index is -0.273. The molecule has 2 heterocycles. The van der Waals surface area contributed by atoms with E-state index < -0.39 is 0 Å². The van der Waals surface area contributed by atoms with E-state index in [2.05, 4.69) is 84.2 Å². The van der Waals surface area contributed by atoms with E-state index in [-0.39, 0.29) is 6.17 Å². The molecule has 8 rings (SSSR count). The molecule has 0 spiro atoms. The molecule has 1 aromatic heterocycles. The standard InChI is InChI=1S/C35H23N3O/c1-2-10-24(11-3-1)33-36-34(25-20-19-23-18-17-22-9-4-5-12-26(22)29(23)21-25)38-35(37-33)28-14-8-16-31-32(28)27-13-6-7-15-30(27)39-31/h1-21,33H,(H,36,37,38). The number of hydrogen-bond acceptors (Lipinski definition) is 4. The Morgan fingerprint density at radius 3 is 2.21 bits per heavy atom. The summed E-state index contributed by atoms with van der Waals surface area (Å²) in [5, 5.41) is 10.6. The lowest BCUT2D eigenvalue weighted by molar-refractivity contribution is 0.667. The van der Waals surface area contributed by atoms with Crippen LogP contribution in [0.25, 0.3) is 43.5 Å². The predicted molar refractivity (Wildman–Crippen MR) is 161 cm³/mol. The van der Waals surface area contributed by atoms with Crippen LogP contribution in [-0.4, -0.2) is 11.7 Å². The molecular formula is C35H23N3O. The number of fused-ring (bicyclic) bond motifs is 6. The van der Waals surface area contributed by atoms with Gasteiger partial charge in [-0.15, -0.1) is 0 Å². The van der Waals surface area contributed by atoms with E-state index in [1.165, 1.54) is 21.5 Å². The molecule has 4 nitrogen and oxygen atoms in total. The van der Waals surface area contributed by atoms with Crippen LogP contribution in [0.1, 0.15) is 22.9 Å². The largest absolute Gasteiger partial charge is 0.456 e. The second-order valence-corrected chi connectivity index (χ2v) is 9.87. The minimum Gasteiger partial charge on any atom is -0.456 e. The molecule has 0 bridgehead atoms. The minimum absolute atomic E-state index is 0.273. The fraction of sp³-hybridized carbons (Fsp3) is 0.0286. The van der Waals surface area contributed by atoms with E-state index in [1.807, 2.05) is 48.5 Å². The molecule has 4 heteroatoms. The van der Waals surface area contributed by atoms with Crippen molar-refractivity contribution in [3.05, 3.63) is 144 Å². The molecule has 6 aromatic carbocycles. The highest BCUT2D eigenvalue weighted by Crippen LogP contribution is 2.33. The number of rotatable bonds is 3. The van der Waals surface area contributed by atoms with Gasteiger partial charge in [0.1, 0.15) is 23.2 Å². The zero-order valence-corrected chi connectivity index (χ0v) is 21.0. The number of nitrogens with zero attached hydrogens (tertiary/aromatic N) is 2. The van der Waals surface area contributed by atoms with Gasteiger partial charge in [0.2, 0.25) is 0 Å². The monoisotopic (exact) mass is 501 g/mol. The van der Waals surface area contributed by atoms with Gasteiger partial charge in [-0.1, -0.05) is 109 Å². The SMILES string of the molecule is c1ccc(C2N=C(c3ccc4ccc5ccccc5c4c3)N=C(c3cccc4oc5ccccc5c34)N2)cc1. The summed E-state index contributed by atoms with van der Waals surface area (Å²) in [6.45, 7) is 0. The first-order valence-corrected chi connectivity index (χ1v) is 13.1. The Hall–Kier alpha value is -5.22. The lowest BCUT2D eigenvalue weighted by atomic mass is 9.99. The van der Waals surface area contributed by atoms with E-state index in [1.54, 1.807) is 0 Å². The van der Waals surface area contributed by atoms with E-state index in [4.69, 9.17) is 14.4 Å². The number of para-hydroxylation sites is 1. The van der Waals surface area contributed by atoms with Gasteiger partial charge in [0.05, 0.1) is 0 Å². The maximum Gasteiger partial charge on any atom is 0.159 e. The third-order valence-electron chi connectivity index (χ3n) is 7.52. The second-order valence-electron chi connectivity index (χ2n) is 9.87. The molecule has 0 aliphatic carbocycles. The van der Waals surface area contributed by atoms with Gasteiger partial charge in [-0.3, -0.25) is 0 Å². The van der Waals surface area contributed by atoms with Gasteiger partial charge in [0.15, 0.2) is 5.84 Å². The first kappa shape index (κ1) is 21.8. The van der Waals surface area contributed by atoms with Crippen LogP contribution < -0.4 is 5.32 Å². The molecule has 39 heavy (non-hydrogen) atoms. The van der Waals surface area contributed by atoms with Crippen LogP contribution in [0.5, 0.6) is 0 Å². The summed E-state index contributed by atoms with van der Waals surface area (Å²) >= 11 is 0. The Bertz CT molecular complexity index is 2100. The van der Waals surface area contributed by atoms with Crippen LogP contribution in [0.15, 0.2) is 142 Å². The quantitative estimate of drug-likeness (QED) is 0.247. The van der Waals surface area contributed by atoms with Crippen LogP contribution >= 0.6 is 0 Å². The molecule has 184 valence electrons. The molecule has 0 saturated carbocycles. The molecule has 0 saturated heterocycles. The van der Waals surface area contributed by atoms with Gasteiger partial charge < -0.3 is 9.73 Å². The average Bonchev–Trinajstić information content (AvgIpc) is 3.40. The van der Waals surface area contributed by atoms with E-state index in [0.717, 1.165) is 44.5 Å². The molecule has 1 aliphatic heterocycles. The van der Waals surface area contributed by atoms with Crippen molar-refractivity contribution < 1.29 is 4.42 Å². The lowest BCUT2D eigenvalue weighted by Gasteiger charge is -2.24. The van der Waals surface area contributed by atoms with E-state index in [0.29, 0.717) is 5.84 Å². The highest BCUT2D eigenvalue weighted by molar-refractivity contribution is 6.22. The molecule has 1 N–H and O–H groups in total. The average molecular weight is 502 g/mol. The first-order chi connectivity index (χ1) is 19.3. The van der Waals surface area contributed by atoms with Gasteiger partial charge in [0.25, 0.3) is 0 Å². The van der Waals surface area contributed by atoms with Crippen LogP contribution in [-0.2, 0) is 0 Å². The summed E-state index contributed by atoms with van der Waals surface area (Å²) in [5.74, 6) is 1.49. The van der Waals surface area contributed by atoms with Crippen molar-refractivity contribution in [2.45, 2.75) is 6.17 Å². The second kappa shape index (κ2) is 8.67. The van der Waals surface area contributed by atoms with Crippen molar-refractivity contribution in [2.75, 3.05) is 0 Å². The third kappa shape index (κ3) is 3.61. The van der Waals surface area contributed by atoms with Gasteiger partial charge in [0, 0.05) is 21.9 Å². The third-order valence-corrected chi connectivity index (χ3v) is 7.52. The predicted octanol–water partition coefficient (Wildman–Crippen LogP) is 8.39. The molecule has 0 amide bonds. The zero-order valence-electron chi connectivity index (χ0n) is 21.0. The molecule has 1 aliphatic rings. The van der Waals surface area contributed by atoms with Gasteiger partial charge >= 0.3 is 0 Å². The van der Waals surface area contributed by atoms with Crippen molar-refractivity contribution in [1.29, 1.82) is 0 Å². The summed E-state index contributed by atoms with van der Waals surface area (Å²) < 4.78 is 6.18. The van der Waals surface area contributed by atoms with Crippen molar-refractivity contribution in [2.24, 2.45) is 9.98 Å². The fourth-order valence-corrected chi connectivity index (χ4v) is 5.63. The van der Waals surface area contributed by atoms with Crippen molar-refractivity contribution in [1.82, 2.24) is 5.32 Å². The summed E-state index contributed by atoms with van der Waals surface area (Å²) in [4.78, 5) is 10.2. The van der Waals surface area contributed by atoms with Crippen LogP contribution in [0.4, 0.5) is 0 Å². The maximum atomic E-state index is 6.18. The highest BCUT2D eigenvalue weighted by atomic mass is 16.3. The Morgan fingerprint density at radius 1 is 0.590 bits per heavy atom. The van der Waals surface area contributed by atoms with E-state index >= 15 is 0 Å². The Kier molecular flexibility index (Phi) is 4.85. The van der Waals surface area contributed by atoms with Crippen LogP contribution in [0.2, 0.25) is 0 Å². The summed E-state index contributed by atoms with van der Waals surface area (Å²) in [6.07, 6.45) is -0.273. The van der Waals surface area contributed by atoms with Gasteiger partial charge in [-0.05, 0) is 45.3 Å². The Balaban J connectivity index is 1.35. The number of benzene rings is 6. The van der Waals surface area contributed by atoms with E-state index in [9.17, 15) is 0 Å².